The second kappa shape index (κ2) is 8.89. The molecular formula is C20H27FN6O. The molecule has 0 N–H and O–H groups in total. The van der Waals surface area contributed by atoms with Gasteiger partial charge < -0.3 is 4.74 Å². The Bertz CT molecular complexity index is 783. The zero-order valence-corrected chi connectivity index (χ0v) is 16.1. The molecule has 0 amide bonds. The van der Waals surface area contributed by atoms with E-state index < -0.39 is 0 Å². The van der Waals surface area contributed by atoms with Crippen LogP contribution in [0.25, 0.3) is 0 Å². The number of hydrogen-bond acceptors (Lipinski definition) is 6. The van der Waals surface area contributed by atoms with Crippen LogP contribution >= 0.6 is 0 Å². The third-order valence-electron chi connectivity index (χ3n) is 5.56. The van der Waals surface area contributed by atoms with E-state index in [-0.39, 0.29) is 18.0 Å². The normalized spacial score (nSPS) is 22.4. The number of ether oxygens (including phenoxy) is 1. The highest BCUT2D eigenvalue weighted by Crippen LogP contribution is 2.30. The molecule has 2 saturated heterocycles. The number of tetrazole rings is 1. The standard InChI is InChI=1S/C20H27FN6O/c1-2-9-25-10-12-26(13-11-25)19(17-7-3-4-8-18(17)21)20-22-23-24-27(20)15-16-6-5-14-28-16/h2-4,7-8,16,19H,1,5-6,9-15H2. The molecule has 0 spiro atoms. The Kier molecular flexibility index (Phi) is 6.09. The quantitative estimate of drug-likeness (QED) is 0.678. The molecule has 0 bridgehead atoms. The fourth-order valence-corrected chi connectivity index (χ4v) is 4.10. The summed E-state index contributed by atoms with van der Waals surface area (Å²) in [5.74, 6) is 0.449. The Morgan fingerprint density at radius 2 is 2.07 bits per heavy atom. The Morgan fingerprint density at radius 1 is 1.25 bits per heavy atom. The van der Waals surface area contributed by atoms with Gasteiger partial charge in [0.2, 0.25) is 0 Å². The number of benzene rings is 1. The lowest BCUT2D eigenvalue weighted by molar-refractivity contribution is 0.0864. The molecular weight excluding hydrogens is 359 g/mol. The third-order valence-corrected chi connectivity index (χ3v) is 5.56. The summed E-state index contributed by atoms with van der Waals surface area (Å²) in [4.78, 5) is 4.62. The van der Waals surface area contributed by atoms with Gasteiger partial charge in [0.15, 0.2) is 5.82 Å². The van der Waals surface area contributed by atoms with Crippen molar-refractivity contribution in [3.8, 4) is 0 Å². The van der Waals surface area contributed by atoms with Gasteiger partial charge in [-0.1, -0.05) is 24.3 Å². The molecule has 2 aliphatic heterocycles. The first kappa shape index (κ1) is 19.2. The predicted molar refractivity (Wildman–Crippen MR) is 103 cm³/mol. The lowest BCUT2D eigenvalue weighted by atomic mass is 10.0. The molecule has 1 aromatic heterocycles. The van der Waals surface area contributed by atoms with Crippen molar-refractivity contribution in [1.82, 2.24) is 30.0 Å². The van der Waals surface area contributed by atoms with Crippen molar-refractivity contribution in [2.45, 2.75) is 31.5 Å². The molecule has 2 aromatic rings. The highest BCUT2D eigenvalue weighted by atomic mass is 19.1. The first-order valence-corrected chi connectivity index (χ1v) is 9.95. The van der Waals surface area contributed by atoms with Crippen LogP contribution in [0.1, 0.15) is 30.3 Å². The summed E-state index contributed by atoms with van der Waals surface area (Å²) < 4.78 is 22.3. The van der Waals surface area contributed by atoms with Crippen LogP contribution < -0.4 is 0 Å². The maximum absolute atomic E-state index is 14.8. The minimum atomic E-state index is -0.316. The SMILES string of the molecule is C=CCN1CCN(C(c2ccccc2F)c2nnnn2CC2CCCO2)CC1. The van der Waals surface area contributed by atoms with Gasteiger partial charge in [0.1, 0.15) is 11.9 Å². The van der Waals surface area contributed by atoms with Crippen molar-refractivity contribution in [2.24, 2.45) is 0 Å². The van der Waals surface area contributed by atoms with Crippen LogP contribution in [0.15, 0.2) is 36.9 Å². The van der Waals surface area contributed by atoms with Crippen molar-refractivity contribution in [2.75, 3.05) is 39.3 Å². The fourth-order valence-electron chi connectivity index (χ4n) is 4.10. The Labute approximate surface area is 164 Å². The van der Waals surface area contributed by atoms with Crippen LogP contribution in [0, 0.1) is 5.82 Å². The number of halogens is 1. The zero-order chi connectivity index (χ0) is 19.3. The predicted octanol–water partition coefficient (Wildman–Crippen LogP) is 1.88. The van der Waals surface area contributed by atoms with Gasteiger partial charge in [0.05, 0.1) is 12.6 Å². The maximum Gasteiger partial charge on any atom is 0.173 e. The van der Waals surface area contributed by atoms with Crippen LogP contribution in [0.4, 0.5) is 4.39 Å². The van der Waals surface area contributed by atoms with Crippen LogP contribution in [0.3, 0.4) is 0 Å². The topological polar surface area (TPSA) is 59.3 Å². The van der Waals surface area contributed by atoms with E-state index in [2.05, 4.69) is 31.9 Å². The molecule has 2 fully saturated rings. The third kappa shape index (κ3) is 4.14. The lowest BCUT2D eigenvalue weighted by Crippen LogP contribution is -2.48. The van der Waals surface area contributed by atoms with E-state index in [1.165, 1.54) is 6.07 Å². The van der Waals surface area contributed by atoms with E-state index in [1.54, 1.807) is 10.7 Å². The Balaban J connectivity index is 1.62. The number of rotatable bonds is 7. The highest BCUT2D eigenvalue weighted by molar-refractivity contribution is 5.26. The van der Waals surface area contributed by atoms with Gasteiger partial charge in [-0.15, -0.1) is 11.7 Å². The van der Waals surface area contributed by atoms with Crippen molar-refractivity contribution < 1.29 is 9.13 Å². The highest BCUT2D eigenvalue weighted by Gasteiger charge is 2.32. The van der Waals surface area contributed by atoms with Crippen LogP contribution in [-0.4, -0.2) is 75.4 Å². The first-order chi connectivity index (χ1) is 13.8. The number of aromatic nitrogens is 4. The summed E-state index contributed by atoms with van der Waals surface area (Å²) in [6.07, 6.45) is 4.10. The monoisotopic (exact) mass is 386 g/mol. The molecule has 28 heavy (non-hydrogen) atoms. The van der Waals surface area contributed by atoms with Gasteiger partial charge in [0, 0.05) is 44.9 Å². The molecule has 0 aliphatic carbocycles. The summed E-state index contributed by atoms with van der Waals surface area (Å²) in [6.45, 7) is 9.53. The minimum Gasteiger partial charge on any atom is -0.376 e. The van der Waals surface area contributed by atoms with Crippen molar-refractivity contribution in [3.05, 3.63) is 54.1 Å². The van der Waals surface area contributed by atoms with Gasteiger partial charge in [-0.05, 0) is 29.3 Å². The molecule has 4 rings (SSSR count). The zero-order valence-electron chi connectivity index (χ0n) is 16.1. The Hall–Kier alpha value is -2.16. The van der Waals surface area contributed by atoms with Gasteiger partial charge in [-0.3, -0.25) is 9.80 Å². The van der Waals surface area contributed by atoms with E-state index in [9.17, 15) is 4.39 Å². The van der Waals surface area contributed by atoms with E-state index >= 15 is 0 Å². The Morgan fingerprint density at radius 3 is 2.79 bits per heavy atom. The van der Waals surface area contributed by atoms with E-state index in [0.29, 0.717) is 17.9 Å². The first-order valence-electron chi connectivity index (χ1n) is 9.95. The summed E-state index contributed by atoms with van der Waals surface area (Å²) >= 11 is 0. The summed E-state index contributed by atoms with van der Waals surface area (Å²) in [7, 11) is 0. The van der Waals surface area contributed by atoms with Crippen molar-refractivity contribution in [1.29, 1.82) is 0 Å². The molecule has 2 aliphatic rings. The molecule has 8 heteroatoms. The molecule has 2 unspecified atom stereocenters. The average molecular weight is 386 g/mol. The van der Waals surface area contributed by atoms with Crippen molar-refractivity contribution in [3.63, 3.8) is 0 Å². The van der Waals surface area contributed by atoms with Gasteiger partial charge in [0.25, 0.3) is 0 Å². The molecule has 1 aromatic carbocycles. The second-order valence-corrected chi connectivity index (χ2v) is 7.40. The van der Waals surface area contributed by atoms with Gasteiger partial charge >= 0.3 is 0 Å². The lowest BCUT2D eigenvalue weighted by Gasteiger charge is -2.38. The van der Waals surface area contributed by atoms with E-state index in [0.717, 1.165) is 52.2 Å². The molecule has 2 atom stereocenters. The maximum atomic E-state index is 14.8. The number of piperazine rings is 1. The smallest absolute Gasteiger partial charge is 0.173 e. The van der Waals surface area contributed by atoms with Crippen molar-refractivity contribution >= 4 is 0 Å². The number of nitrogens with zero attached hydrogens (tertiary/aromatic N) is 6. The minimum absolute atomic E-state index is 0.118. The largest absolute Gasteiger partial charge is 0.376 e. The van der Waals surface area contributed by atoms with Gasteiger partial charge in [-0.25, -0.2) is 9.07 Å². The van der Waals surface area contributed by atoms with Gasteiger partial charge in [-0.2, -0.15) is 0 Å². The van der Waals surface area contributed by atoms with Crippen LogP contribution in [0.5, 0.6) is 0 Å². The van der Waals surface area contributed by atoms with E-state index in [4.69, 9.17) is 4.74 Å². The molecule has 0 saturated carbocycles. The molecule has 150 valence electrons. The number of hydrogen-bond donors (Lipinski definition) is 0. The summed E-state index contributed by atoms with van der Waals surface area (Å²) in [6, 6.07) is 6.61. The molecule has 0 radical (unpaired) electrons. The summed E-state index contributed by atoms with van der Waals surface area (Å²) in [5, 5.41) is 12.4. The van der Waals surface area contributed by atoms with Crippen LogP contribution in [0.2, 0.25) is 0 Å². The van der Waals surface area contributed by atoms with E-state index in [1.807, 2.05) is 18.2 Å². The molecule has 7 nitrogen and oxygen atoms in total. The fraction of sp³-hybridized carbons (Fsp3) is 0.550. The van der Waals surface area contributed by atoms with Crippen LogP contribution in [-0.2, 0) is 11.3 Å². The second-order valence-electron chi connectivity index (χ2n) is 7.40. The summed E-state index contributed by atoms with van der Waals surface area (Å²) in [5.41, 5.74) is 0.614. The molecule has 3 heterocycles. The average Bonchev–Trinajstić information content (AvgIpc) is 3.38.